The van der Waals surface area contributed by atoms with Crippen molar-refractivity contribution in [3.63, 3.8) is 0 Å². The molecule has 134 valence electrons. The molecule has 6 heteroatoms. The van der Waals surface area contributed by atoms with E-state index in [1.165, 1.54) is 0 Å². The molecular weight excluding hydrogens is 383 g/mol. The van der Waals surface area contributed by atoms with Gasteiger partial charge in [-0.3, -0.25) is 0 Å². The van der Waals surface area contributed by atoms with Crippen molar-refractivity contribution in [2.24, 2.45) is 0 Å². The van der Waals surface area contributed by atoms with Crippen molar-refractivity contribution in [1.82, 2.24) is 10.1 Å². The minimum Gasteiger partial charge on any atom is -0.487 e. The Kier molecular flexibility index (Phi) is 5.10. The molecule has 0 N–H and O–H groups in total. The average molecular weight is 397 g/mol. The molecule has 0 bridgehead atoms. The van der Waals surface area contributed by atoms with Gasteiger partial charge in [0, 0.05) is 16.1 Å². The van der Waals surface area contributed by atoms with Crippen molar-refractivity contribution in [3.05, 3.63) is 88.4 Å². The van der Waals surface area contributed by atoms with Crippen LogP contribution in [0.1, 0.15) is 5.56 Å². The quantitative estimate of drug-likeness (QED) is 0.397. The molecule has 4 nitrogen and oxygen atoms in total. The van der Waals surface area contributed by atoms with E-state index in [4.69, 9.17) is 32.5 Å². The fourth-order valence-electron chi connectivity index (χ4n) is 2.54. The van der Waals surface area contributed by atoms with Crippen LogP contribution in [0.2, 0.25) is 10.0 Å². The summed E-state index contributed by atoms with van der Waals surface area (Å²) in [4.78, 5) is 4.45. The van der Waals surface area contributed by atoms with Gasteiger partial charge in [0.25, 0.3) is 5.89 Å². The van der Waals surface area contributed by atoms with Crippen LogP contribution in [0.3, 0.4) is 0 Å². The lowest BCUT2D eigenvalue weighted by molar-refractivity contribution is 0.306. The summed E-state index contributed by atoms with van der Waals surface area (Å²) in [6.07, 6.45) is 0. The minimum atomic E-state index is 0.390. The number of nitrogens with zero attached hydrogens (tertiary/aromatic N) is 2. The van der Waals surface area contributed by atoms with Crippen molar-refractivity contribution in [2.75, 3.05) is 0 Å². The van der Waals surface area contributed by atoms with Crippen molar-refractivity contribution in [3.8, 4) is 28.6 Å². The summed E-state index contributed by atoms with van der Waals surface area (Å²) in [6, 6.07) is 22.6. The van der Waals surface area contributed by atoms with Gasteiger partial charge in [-0.15, -0.1) is 0 Å². The van der Waals surface area contributed by atoms with E-state index >= 15 is 0 Å². The predicted octanol–water partition coefficient (Wildman–Crippen LogP) is 6.29. The number of rotatable bonds is 5. The molecule has 0 radical (unpaired) electrons. The largest absolute Gasteiger partial charge is 0.487 e. The zero-order valence-corrected chi connectivity index (χ0v) is 15.6. The van der Waals surface area contributed by atoms with E-state index in [9.17, 15) is 0 Å². The van der Waals surface area contributed by atoms with Crippen LogP contribution in [-0.2, 0) is 6.61 Å². The predicted molar refractivity (Wildman–Crippen MR) is 106 cm³/mol. The lowest BCUT2D eigenvalue weighted by Crippen LogP contribution is -1.96. The third-order valence-electron chi connectivity index (χ3n) is 3.95. The molecule has 3 aromatic carbocycles. The lowest BCUT2D eigenvalue weighted by Gasteiger charge is -2.08. The zero-order chi connectivity index (χ0) is 18.6. The molecule has 0 unspecified atom stereocenters. The highest BCUT2D eigenvalue weighted by molar-refractivity contribution is 6.35. The molecule has 0 aliphatic heterocycles. The molecule has 4 rings (SSSR count). The smallest absolute Gasteiger partial charge is 0.258 e. The van der Waals surface area contributed by atoms with Crippen LogP contribution in [0.25, 0.3) is 22.8 Å². The molecule has 0 aliphatic rings. The summed E-state index contributed by atoms with van der Waals surface area (Å²) in [6.45, 7) is 0.390. The molecule has 0 saturated heterocycles. The van der Waals surface area contributed by atoms with Crippen molar-refractivity contribution in [2.45, 2.75) is 6.61 Å². The Balaban J connectivity index is 1.45. The van der Waals surface area contributed by atoms with Crippen LogP contribution >= 0.6 is 23.2 Å². The van der Waals surface area contributed by atoms with Gasteiger partial charge >= 0.3 is 0 Å². The first kappa shape index (κ1) is 17.6. The summed E-state index contributed by atoms with van der Waals surface area (Å²) in [5.41, 5.74) is 2.75. The van der Waals surface area contributed by atoms with Crippen molar-refractivity contribution in [1.29, 1.82) is 0 Å². The lowest BCUT2D eigenvalue weighted by atomic mass is 10.1. The minimum absolute atomic E-state index is 0.390. The van der Waals surface area contributed by atoms with Crippen LogP contribution in [0.5, 0.6) is 5.75 Å². The molecule has 0 saturated carbocycles. The normalized spacial score (nSPS) is 10.7. The summed E-state index contributed by atoms with van der Waals surface area (Å²) < 4.78 is 11.1. The average Bonchev–Trinajstić information content (AvgIpc) is 3.19. The molecular formula is C21H14Cl2N2O2. The molecule has 0 amide bonds. The number of aromatic nitrogens is 2. The van der Waals surface area contributed by atoms with Crippen molar-refractivity contribution < 1.29 is 9.26 Å². The maximum Gasteiger partial charge on any atom is 0.258 e. The first-order valence-corrected chi connectivity index (χ1v) is 9.01. The first-order chi connectivity index (χ1) is 13.2. The molecule has 0 fully saturated rings. The Morgan fingerprint density at radius 1 is 0.852 bits per heavy atom. The number of hydrogen-bond donors (Lipinski definition) is 0. The summed E-state index contributed by atoms with van der Waals surface area (Å²) in [7, 11) is 0. The monoisotopic (exact) mass is 396 g/mol. The van der Waals surface area contributed by atoms with E-state index in [0.29, 0.717) is 34.1 Å². The van der Waals surface area contributed by atoms with E-state index in [-0.39, 0.29) is 0 Å². The van der Waals surface area contributed by atoms with E-state index in [1.807, 2.05) is 54.6 Å². The zero-order valence-electron chi connectivity index (χ0n) is 14.1. The van der Waals surface area contributed by atoms with Crippen LogP contribution in [0.15, 0.2) is 77.3 Å². The van der Waals surface area contributed by atoms with Gasteiger partial charge in [-0.2, -0.15) is 4.98 Å². The van der Waals surface area contributed by atoms with E-state index in [1.54, 1.807) is 18.2 Å². The maximum absolute atomic E-state index is 6.12. The maximum atomic E-state index is 6.12. The second-order valence-corrected chi connectivity index (χ2v) is 6.69. The van der Waals surface area contributed by atoms with Gasteiger partial charge in [-0.25, -0.2) is 0 Å². The third-order valence-corrected chi connectivity index (χ3v) is 4.48. The van der Waals surface area contributed by atoms with Gasteiger partial charge in [-0.05, 0) is 35.9 Å². The van der Waals surface area contributed by atoms with Gasteiger partial charge in [-0.1, -0.05) is 70.8 Å². The Morgan fingerprint density at radius 2 is 1.63 bits per heavy atom. The highest BCUT2D eigenvalue weighted by Gasteiger charge is 2.10. The van der Waals surface area contributed by atoms with Gasteiger partial charge in [0.1, 0.15) is 12.4 Å². The molecule has 4 aromatic rings. The molecule has 27 heavy (non-hydrogen) atoms. The number of ether oxygens (including phenoxy) is 1. The van der Waals surface area contributed by atoms with Gasteiger partial charge in [0.05, 0.1) is 5.02 Å². The molecule has 0 atom stereocenters. The summed E-state index contributed by atoms with van der Waals surface area (Å²) in [5, 5.41) is 5.10. The second-order valence-electron chi connectivity index (χ2n) is 5.85. The summed E-state index contributed by atoms with van der Waals surface area (Å²) in [5.74, 6) is 1.63. The Labute approximate surface area is 166 Å². The van der Waals surface area contributed by atoms with E-state index in [0.717, 1.165) is 16.7 Å². The van der Waals surface area contributed by atoms with Gasteiger partial charge in [0.2, 0.25) is 5.82 Å². The highest BCUT2D eigenvalue weighted by atomic mass is 35.5. The molecule has 1 heterocycles. The van der Waals surface area contributed by atoms with Crippen LogP contribution in [-0.4, -0.2) is 10.1 Å². The fraction of sp³-hybridized carbons (Fsp3) is 0.0476. The summed E-state index contributed by atoms with van der Waals surface area (Å²) >= 11 is 12.0. The number of halogens is 2. The van der Waals surface area contributed by atoms with E-state index in [2.05, 4.69) is 10.1 Å². The SMILES string of the molecule is Clc1ccc(OCc2ccc(-c3nc(-c4ccccc4)no3)cc2)c(Cl)c1. The van der Waals surface area contributed by atoms with Gasteiger partial charge in [0.15, 0.2) is 0 Å². The number of hydrogen-bond acceptors (Lipinski definition) is 4. The van der Waals surface area contributed by atoms with Crippen molar-refractivity contribution >= 4 is 23.2 Å². The molecule has 0 spiro atoms. The molecule has 0 aliphatic carbocycles. The number of benzene rings is 3. The standard InChI is InChI=1S/C21H14Cl2N2O2/c22-17-10-11-19(18(23)12-17)26-13-14-6-8-16(9-7-14)21-24-20(25-27-21)15-4-2-1-3-5-15/h1-12H,13H2. The van der Waals surface area contributed by atoms with E-state index < -0.39 is 0 Å². The van der Waals surface area contributed by atoms with Crippen LogP contribution in [0.4, 0.5) is 0 Å². The second kappa shape index (κ2) is 7.82. The first-order valence-electron chi connectivity index (χ1n) is 8.25. The third kappa shape index (κ3) is 4.13. The highest BCUT2D eigenvalue weighted by Crippen LogP contribution is 2.28. The Bertz CT molecular complexity index is 1050. The molecule has 1 aromatic heterocycles. The fourth-order valence-corrected chi connectivity index (χ4v) is 3.01. The van der Waals surface area contributed by atoms with Crippen LogP contribution in [0, 0.1) is 0 Å². The Hall–Kier alpha value is -2.82. The topological polar surface area (TPSA) is 48.2 Å². The van der Waals surface area contributed by atoms with Gasteiger partial charge < -0.3 is 9.26 Å². The van der Waals surface area contributed by atoms with Crippen LogP contribution < -0.4 is 4.74 Å². The Morgan fingerprint density at radius 3 is 2.37 bits per heavy atom.